The fourth-order valence-corrected chi connectivity index (χ4v) is 4.02. The Morgan fingerprint density at radius 3 is 2.58 bits per heavy atom. The Labute approximate surface area is 155 Å². The molecule has 144 valence electrons. The fourth-order valence-electron chi connectivity index (χ4n) is 4.02. The number of hydrogen-bond donors (Lipinski definition) is 1. The van der Waals surface area contributed by atoms with Crippen molar-refractivity contribution in [1.29, 1.82) is 0 Å². The van der Waals surface area contributed by atoms with Crippen molar-refractivity contribution >= 4 is 5.96 Å². The normalized spacial score (nSPS) is 25.8. The molecule has 0 radical (unpaired) electrons. The van der Waals surface area contributed by atoms with E-state index in [9.17, 15) is 8.78 Å². The summed E-state index contributed by atoms with van der Waals surface area (Å²) in [6.07, 6.45) is 1.90. The van der Waals surface area contributed by atoms with Crippen LogP contribution in [0.2, 0.25) is 0 Å². The molecule has 1 N–H and O–H groups in total. The topological polar surface area (TPSA) is 30.9 Å². The van der Waals surface area contributed by atoms with Gasteiger partial charge in [0.05, 0.1) is 0 Å². The Kier molecular flexibility index (Phi) is 6.12. The van der Waals surface area contributed by atoms with Gasteiger partial charge < -0.3 is 15.1 Å². The molecule has 1 aliphatic heterocycles. The molecule has 4 nitrogen and oxygen atoms in total. The molecule has 1 saturated heterocycles. The first kappa shape index (κ1) is 19.1. The Bertz CT molecular complexity index is 624. The van der Waals surface area contributed by atoms with Gasteiger partial charge in [-0.15, -0.1) is 0 Å². The Morgan fingerprint density at radius 2 is 1.96 bits per heavy atom. The smallest absolute Gasteiger partial charge is 0.193 e. The van der Waals surface area contributed by atoms with E-state index in [0.717, 1.165) is 51.5 Å². The van der Waals surface area contributed by atoms with Crippen LogP contribution in [0.1, 0.15) is 38.2 Å². The minimum atomic E-state index is -0.449. The minimum Gasteiger partial charge on any atom is -0.353 e. The zero-order chi connectivity index (χ0) is 18.7. The Balaban J connectivity index is 1.55. The predicted molar refractivity (Wildman–Crippen MR) is 101 cm³/mol. The van der Waals surface area contributed by atoms with Crippen molar-refractivity contribution in [2.24, 2.45) is 10.9 Å². The molecule has 1 aliphatic carbocycles. The van der Waals surface area contributed by atoms with Crippen molar-refractivity contribution in [2.45, 2.75) is 38.6 Å². The molecule has 3 rings (SSSR count). The van der Waals surface area contributed by atoms with Gasteiger partial charge in [0.2, 0.25) is 0 Å². The van der Waals surface area contributed by atoms with Crippen molar-refractivity contribution in [3.05, 3.63) is 35.4 Å². The first-order valence-electron chi connectivity index (χ1n) is 9.71. The van der Waals surface area contributed by atoms with Gasteiger partial charge in [-0.25, -0.2) is 8.78 Å². The van der Waals surface area contributed by atoms with Gasteiger partial charge in [0.25, 0.3) is 0 Å². The van der Waals surface area contributed by atoms with Gasteiger partial charge in [0, 0.05) is 44.2 Å². The average Bonchev–Trinajstić information content (AvgIpc) is 3.22. The summed E-state index contributed by atoms with van der Waals surface area (Å²) in [6, 6.07) is 4.14. The Morgan fingerprint density at radius 1 is 1.27 bits per heavy atom. The third-order valence-corrected chi connectivity index (χ3v) is 5.68. The molecule has 0 amide bonds. The third kappa shape index (κ3) is 4.17. The van der Waals surface area contributed by atoms with E-state index in [1.165, 1.54) is 18.2 Å². The third-order valence-electron chi connectivity index (χ3n) is 5.68. The van der Waals surface area contributed by atoms with Crippen LogP contribution in [0.5, 0.6) is 0 Å². The first-order valence-corrected chi connectivity index (χ1v) is 9.71. The number of aliphatic imine (C=N–C) groups is 1. The van der Waals surface area contributed by atoms with Crippen molar-refractivity contribution in [1.82, 2.24) is 15.1 Å². The summed E-state index contributed by atoms with van der Waals surface area (Å²) in [4.78, 5) is 9.15. The van der Waals surface area contributed by atoms with Crippen LogP contribution in [0.4, 0.5) is 8.78 Å². The zero-order valence-electron chi connectivity index (χ0n) is 16.0. The summed E-state index contributed by atoms with van der Waals surface area (Å²) >= 11 is 0. The second-order valence-corrected chi connectivity index (χ2v) is 7.36. The number of benzene rings is 1. The van der Waals surface area contributed by atoms with E-state index in [4.69, 9.17) is 0 Å². The number of likely N-dealkylation sites (tertiary alicyclic amines) is 1. The van der Waals surface area contributed by atoms with Gasteiger partial charge in [-0.1, -0.05) is 19.9 Å². The van der Waals surface area contributed by atoms with Gasteiger partial charge in [0.1, 0.15) is 11.6 Å². The summed E-state index contributed by atoms with van der Waals surface area (Å²) in [5.41, 5.74) is 0.210. The molecule has 0 bridgehead atoms. The van der Waals surface area contributed by atoms with E-state index >= 15 is 0 Å². The molecule has 1 aromatic rings. The van der Waals surface area contributed by atoms with Crippen LogP contribution in [0.15, 0.2) is 23.2 Å². The number of hydrogen-bond acceptors (Lipinski definition) is 2. The lowest BCUT2D eigenvalue weighted by atomic mass is 10.1. The SMILES string of the molecule is CCN(CC)CC1CCN(C(=NC)NC2CC2c2c(F)cccc2F)C1. The van der Waals surface area contributed by atoms with Gasteiger partial charge in [-0.2, -0.15) is 0 Å². The monoisotopic (exact) mass is 364 g/mol. The molecular formula is C20H30F2N4. The summed E-state index contributed by atoms with van der Waals surface area (Å²) in [6.45, 7) is 9.65. The van der Waals surface area contributed by atoms with E-state index in [1.807, 2.05) is 0 Å². The molecule has 1 aromatic carbocycles. The maximum Gasteiger partial charge on any atom is 0.193 e. The van der Waals surface area contributed by atoms with E-state index in [1.54, 1.807) is 7.05 Å². The minimum absolute atomic E-state index is 0.0573. The summed E-state index contributed by atoms with van der Waals surface area (Å²) in [5, 5.41) is 3.42. The van der Waals surface area contributed by atoms with Crippen LogP contribution in [0, 0.1) is 17.6 Å². The molecule has 6 heteroatoms. The average molecular weight is 364 g/mol. The highest BCUT2D eigenvalue weighted by atomic mass is 19.1. The number of nitrogens with one attached hydrogen (secondary N) is 1. The maximum absolute atomic E-state index is 14.0. The molecule has 3 unspecified atom stereocenters. The van der Waals surface area contributed by atoms with Gasteiger partial charge >= 0.3 is 0 Å². The number of rotatable bonds is 6. The summed E-state index contributed by atoms with van der Waals surface area (Å²) in [7, 11) is 1.78. The van der Waals surface area contributed by atoms with Gasteiger partial charge in [0.15, 0.2) is 5.96 Å². The molecule has 3 atom stereocenters. The predicted octanol–water partition coefficient (Wildman–Crippen LogP) is 3.06. The molecule has 2 aliphatic rings. The quantitative estimate of drug-likeness (QED) is 0.622. The number of guanidine groups is 1. The highest BCUT2D eigenvalue weighted by Crippen LogP contribution is 2.43. The van der Waals surface area contributed by atoms with Crippen LogP contribution in [-0.2, 0) is 0 Å². The van der Waals surface area contributed by atoms with Crippen molar-refractivity contribution in [3.63, 3.8) is 0 Å². The Hall–Kier alpha value is -1.69. The number of halogens is 2. The fraction of sp³-hybridized carbons (Fsp3) is 0.650. The van der Waals surface area contributed by atoms with Crippen LogP contribution in [0.3, 0.4) is 0 Å². The number of nitrogens with zero attached hydrogens (tertiary/aromatic N) is 3. The van der Waals surface area contributed by atoms with Gasteiger partial charge in [-0.05, 0) is 44.0 Å². The van der Waals surface area contributed by atoms with Crippen molar-refractivity contribution in [2.75, 3.05) is 39.8 Å². The molecule has 0 aromatic heterocycles. The van der Waals surface area contributed by atoms with Gasteiger partial charge in [-0.3, -0.25) is 4.99 Å². The zero-order valence-corrected chi connectivity index (χ0v) is 16.0. The standard InChI is InChI=1S/C20H30F2N4/c1-4-25(5-2)12-14-9-10-26(13-14)20(23-3)24-18-11-15(18)19-16(21)7-6-8-17(19)22/h6-8,14-15,18H,4-5,9-13H2,1-3H3,(H,23,24). The van der Waals surface area contributed by atoms with Crippen molar-refractivity contribution in [3.8, 4) is 0 Å². The summed E-state index contributed by atoms with van der Waals surface area (Å²) < 4.78 is 27.9. The highest BCUT2D eigenvalue weighted by Gasteiger charge is 2.43. The largest absolute Gasteiger partial charge is 0.353 e. The molecule has 26 heavy (non-hydrogen) atoms. The van der Waals surface area contributed by atoms with Crippen LogP contribution in [0.25, 0.3) is 0 Å². The maximum atomic E-state index is 14.0. The van der Waals surface area contributed by atoms with E-state index < -0.39 is 11.6 Å². The summed E-state index contributed by atoms with van der Waals surface area (Å²) in [5.74, 6) is 0.496. The molecule has 1 heterocycles. The highest BCUT2D eigenvalue weighted by molar-refractivity contribution is 5.81. The lowest BCUT2D eigenvalue weighted by Gasteiger charge is -2.24. The van der Waals surface area contributed by atoms with E-state index in [0.29, 0.717) is 5.92 Å². The first-order chi connectivity index (χ1) is 12.6. The van der Waals surface area contributed by atoms with Crippen LogP contribution >= 0.6 is 0 Å². The lowest BCUT2D eigenvalue weighted by Crippen LogP contribution is -2.42. The molecule has 0 spiro atoms. The lowest BCUT2D eigenvalue weighted by molar-refractivity contribution is 0.255. The molecule has 1 saturated carbocycles. The molecule has 2 fully saturated rings. The van der Waals surface area contributed by atoms with Crippen LogP contribution in [-0.4, -0.2) is 61.6 Å². The molecular weight excluding hydrogens is 334 g/mol. The van der Waals surface area contributed by atoms with Crippen LogP contribution < -0.4 is 5.32 Å². The van der Waals surface area contributed by atoms with E-state index in [-0.39, 0.29) is 17.5 Å². The van der Waals surface area contributed by atoms with Crippen molar-refractivity contribution < 1.29 is 8.78 Å². The second-order valence-electron chi connectivity index (χ2n) is 7.36. The second kappa shape index (κ2) is 8.33. The van der Waals surface area contributed by atoms with E-state index in [2.05, 4.69) is 34.0 Å².